The molecule has 0 amide bonds. The molecule has 0 aliphatic carbocycles. The van der Waals surface area contributed by atoms with Crippen molar-refractivity contribution in [2.24, 2.45) is 35.0 Å². The summed E-state index contributed by atoms with van der Waals surface area (Å²) in [6.07, 6.45) is 4.37. The van der Waals surface area contributed by atoms with Crippen LogP contribution in [0.15, 0.2) is 0 Å². The Labute approximate surface area is 224 Å². The molecule has 212 valence electrons. The minimum absolute atomic E-state index is 0.144. The molecule has 0 aromatic rings. The van der Waals surface area contributed by atoms with Crippen molar-refractivity contribution in [2.75, 3.05) is 13.2 Å². The molecule has 0 aliphatic heterocycles. The lowest BCUT2D eigenvalue weighted by atomic mass is 9.81. The first-order chi connectivity index (χ1) is 16.2. The van der Waals surface area contributed by atoms with Gasteiger partial charge in [0.2, 0.25) is 0 Å². The molecule has 0 unspecified atom stereocenters. The summed E-state index contributed by atoms with van der Waals surface area (Å²) in [6, 6.07) is 11.3. The Morgan fingerprint density at radius 1 is 0.514 bits per heavy atom. The maximum absolute atomic E-state index is 10.5. The smallest absolute Gasteiger partial charge is 0.0543 e. The van der Waals surface area contributed by atoms with Gasteiger partial charge < -0.3 is 10.2 Å². The molecule has 0 spiro atoms. The van der Waals surface area contributed by atoms with E-state index in [9.17, 15) is 10.2 Å². The number of aliphatic hydroxyl groups is 2. The molecule has 0 heterocycles. The van der Waals surface area contributed by atoms with Crippen molar-refractivity contribution in [3.8, 4) is 0 Å². The molecule has 0 saturated heterocycles. The monoisotopic (exact) mass is 528 g/mol. The van der Waals surface area contributed by atoms with E-state index in [0.717, 1.165) is 42.4 Å². The van der Waals surface area contributed by atoms with Crippen molar-refractivity contribution in [1.29, 1.82) is 0 Å². The fraction of sp³-hybridized carbons (Fsp3) is 1.00. The van der Waals surface area contributed by atoms with E-state index in [1.165, 1.54) is 61.2 Å². The van der Waals surface area contributed by atoms with E-state index in [4.69, 9.17) is 0 Å². The van der Waals surface area contributed by atoms with Crippen LogP contribution in [0.25, 0.3) is 0 Å². The zero-order chi connectivity index (χ0) is 27.3. The molecule has 0 radical (unpaired) electrons. The second-order valence-electron chi connectivity index (χ2n) is 14.9. The number of aliphatic hydroxyl groups excluding tert-OH is 2. The minimum atomic E-state index is -1.37. The van der Waals surface area contributed by atoms with Crippen LogP contribution in [0.1, 0.15) is 102 Å². The molecule has 0 saturated carbocycles. The predicted octanol–water partition coefficient (Wildman–Crippen LogP) is 9.72. The average molecular weight is 529 g/mol. The largest absolute Gasteiger partial charge is 0.396 e. The highest BCUT2D eigenvalue weighted by atomic mass is 28.3. The second kappa shape index (κ2) is 17.0. The van der Waals surface area contributed by atoms with Crippen molar-refractivity contribution < 1.29 is 10.2 Å². The van der Waals surface area contributed by atoms with Crippen molar-refractivity contribution >= 4 is 16.1 Å². The summed E-state index contributed by atoms with van der Waals surface area (Å²) in [6.45, 7) is 26.8. The van der Waals surface area contributed by atoms with Gasteiger partial charge in [-0.05, 0) is 42.4 Å². The SMILES string of the molecule is CC[Si](CCCC(CO)(CO)CCC[Si](CC(C)C)(CC(C)C)CC(C)C)(CC(C)C)CC(C)C. The molecule has 4 heteroatoms. The molecule has 0 atom stereocenters. The van der Waals surface area contributed by atoms with E-state index in [0.29, 0.717) is 0 Å². The first-order valence-corrected chi connectivity index (χ1v) is 21.1. The fourth-order valence-electron chi connectivity index (χ4n) is 7.81. The van der Waals surface area contributed by atoms with Gasteiger partial charge in [-0.3, -0.25) is 0 Å². The van der Waals surface area contributed by atoms with Crippen LogP contribution in [0.5, 0.6) is 0 Å². The van der Waals surface area contributed by atoms with Gasteiger partial charge in [0.05, 0.1) is 29.4 Å². The summed E-state index contributed by atoms with van der Waals surface area (Å²) in [5.41, 5.74) is -0.281. The summed E-state index contributed by atoms with van der Waals surface area (Å²) in [4.78, 5) is 0. The van der Waals surface area contributed by atoms with E-state index >= 15 is 0 Å². The normalized spacial score (nSPS) is 13.9. The molecular formula is C31H68O2Si2. The Bertz CT molecular complexity index is 488. The number of hydrogen-bond donors (Lipinski definition) is 2. The Balaban J connectivity index is 5.40. The van der Waals surface area contributed by atoms with Crippen LogP contribution in [-0.4, -0.2) is 39.6 Å². The van der Waals surface area contributed by atoms with Gasteiger partial charge in [0.1, 0.15) is 0 Å². The third kappa shape index (κ3) is 14.2. The zero-order valence-electron chi connectivity index (χ0n) is 26.2. The lowest BCUT2D eigenvalue weighted by Gasteiger charge is -2.39. The maximum atomic E-state index is 10.5. The Hall–Kier alpha value is 0.354. The number of rotatable bonds is 21. The lowest BCUT2D eigenvalue weighted by molar-refractivity contribution is 0.0383. The molecule has 2 nitrogen and oxygen atoms in total. The predicted molar refractivity (Wildman–Crippen MR) is 165 cm³/mol. The Morgan fingerprint density at radius 2 is 0.800 bits per heavy atom. The third-order valence-electron chi connectivity index (χ3n) is 8.46. The van der Waals surface area contributed by atoms with Gasteiger partial charge >= 0.3 is 0 Å². The van der Waals surface area contributed by atoms with Crippen molar-refractivity contribution in [3.05, 3.63) is 0 Å². The van der Waals surface area contributed by atoms with Crippen LogP contribution in [0, 0.1) is 35.0 Å². The highest BCUT2D eigenvalue weighted by Crippen LogP contribution is 2.41. The van der Waals surface area contributed by atoms with Gasteiger partial charge in [0, 0.05) is 5.41 Å². The highest BCUT2D eigenvalue weighted by Gasteiger charge is 2.37. The second-order valence-corrected chi connectivity index (χ2v) is 24.6. The first kappa shape index (κ1) is 35.4. The highest BCUT2D eigenvalue weighted by molar-refractivity contribution is 6.80. The van der Waals surface area contributed by atoms with Gasteiger partial charge in [-0.25, -0.2) is 0 Å². The van der Waals surface area contributed by atoms with Crippen LogP contribution >= 0.6 is 0 Å². The van der Waals surface area contributed by atoms with Gasteiger partial charge in [-0.15, -0.1) is 0 Å². The van der Waals surface area contributed by atoms with Crippen LogP contribution in [0.2, 0.25) is 48.4 Å². The lowest BCUT2D eigenvalue weighted by Crippen LogP contribution is -2.39. The average Bonchev–Trinajstić information content (AvgIpc) is 2.70. The molecule has 0 bridgehead atoms. The van der Waals surface area contributed by atoms with Crippen molar-refractivity contribution in [1.82, 2.24) is 0 Å². The van der Waals surface area contributed by atoms with Crippen LogP contribution in [0.3, 0.4) is 0 Å². The molecule has 0 aromatic heterocycles. The Kier molecular flexibility index (Phi) is 17.2. The maximum Gasteiger partial charge on any atom is 0.0543 e. The fourth-order valence-corrected chi connectivity index (χ4v) is 20.9. The quantitative estimate of drug-likeness (QED) is 0.145. The summed E-state index contributed by atoms with van der Waals surface area (Å²) >= 11 is 0. The molecule has 0 fully saturated rings. The van der Waals surface area contributed by atoms with Crippen LogP contribution in [0.4, 0.5) is 0 Å². The van der Waals surface area contributed by atoms with Gasteiger partial charge in [-0.1, -0.05) is 137 Å². The molecule has 0 aliphatic rings. The standard InChI is InChI=1S/C31H68O2Si2/c1-12-34(19-26(2)3,20-27(4)5)17-13-15-31(24-32,25-33)16-14-18-35(21-28(6)7,22-29(8)9)23-30(10)11/h26-30,32-33H,12-25H2,1-11H3. The Morgan fingerprint density at radius 3 is 1.06 bits per heavy atom. The number of hydrogen-bond acceptors (Lipinski definition) is 2. The van der Waals surface area contributed by atoms with Gasteiger partial charge in [-0.2, -0.15) is 0 Å². The van der Waals surface area contributed by atoms with Crippen LogP contribution in [-0.2, 0) is 0 Å². The molecule has 0 aromatic carbocycles. The van der Waals surface area contributed by atoms with Crippen molar-refractivity contribution in [2.45, 2.75) is 150 Å². The van der Waals surface area contributed by atoms with E-state index in [1.807, 2.05) is 0 Å². The summed E-state index contributed by atoms with van der Waals surface area (Å²) in [5, 5.41) is 21.0. The van der Waals surface area contributed by atoms with E-state index < -0.39 is 16.1 Å². The molecular weight excluding hydrogens is 461 g/mol. The summed E-state index contributed by atoms with van der Waals surface area (Å²) in [5.74, 6) is 3.87. The van der Waals surface area contributed by atoms with E-state index in [2.05, 4.69) is 76.2 Å². The van der Waals surface area contributed by atoms with Crippen molar-refractivity contribution in [3.63, 3.8) is 0 Å². The summed E-state index contributed by atoms with van der Waals surface area (Å²) in [7, 11) is -2.66. The minimum Gasteiger partial charge on any atom is -0.396 e. The van der Waals surface area contributed by atoms with E-state index in [1.54, 1.807) is 0 Å². The zero-order valence-corrected chi connectivity index (χ0v) is 28.2. The van der Waals surface area contributed by atoms with E-state index in [-0.39, 0.29) is 18.6 Å². The molecule has 35 heavy (non-hydrogen) atoms. The van der Waals surface area contributed by atoms with Gasteiger partial charge in [0.25, 0.3) is 0 Å². The third-order valence-corrected chi connectivity index (χ3v) is 21.2. The first-order valence-electron chi connectivity index (χ1n) is 15.4. The molecule has 0 rings (SSSR count). The topological polar surface area (TPSA) is 40.5 Å². The van der Waals surface area contributed by atoms with Crippen LogP contribution < -0.4 is 0 Å². The van der Waals surface area contributed by atoms with Gasteiger partial charge in [0.15, 0.2) is 0 Å². The summed E-state index contributed by atoms with van der Waals surface area (Å²) < 4.78 is 0. The molecule has 2 N–H and O–H groups in total.